The first-order chi connectivity index (χ1) is 13.6. The first-order valence-electron chi connectivity index (χ1n) is 8.79. The quantitative estimate of drug-likeness (QED) is 0.659. The van der Waals surface area contributed by atoms with Gasteiger partial charge < -0.3 is 14.7 Å². The van der Waals surface area contributed by atoms with E-state index in [0.29, 0.717) is 11.4 Å². The second-order valence-electron chi connectivity index (χ2n) is 6.89. The lowest BCUT2D eigenvalue weighted by Crippen LogP contribution is -2.22. The molecule has 0 aromatic carbocycles. The second-order valence-corrected chi connectivity index (χ2v) is 6.89. The number of pyridine rings is 1. The van der Waals surface area contributed by atoms with E-state index in [-0.39, 0.29) is 23.6 Å². The zero-order valence-electron chi connectivity index (χ0n) is 16.3. The van der Waals surface area contributed by atoms with E-state index in [4.69, 9.17) is 4.52 Å². The second kappa shape index (κ2) is 8.02. The van der Waals surface area contributed by atoms with E-state index in [1.807, 2.05) is 13.8 Å². The molecule has 1 N–H and O–H groups in total. The molecule has 3 aromatic heterocycles. The summed E-state index contributed by atoms with van der Waals surface area (Å²) in [5.74, 6) is 0.431. The van der Waals surface area contributed by atoms with Gasteiger partial charge in [0, 0.05) is 38.1 Å². The highest BCUT2D eigenvalue weighted by Crippen LogP contribution is 2.32. The van der Waals surface area contributed by atoms with Gasteiger partial charge >= 0.3 is 6.18 Å². The molecule has 3 aromatic rings. The summed E-state index contributed by atoms with van der Waals surface area (Å²) in [6, 6.07) is 3.76. The van der Waals surface area contributed by atoms with Crippen molar-refractivity contribution in [1.29, 1.82) is 0 Å². The van der Waals surface area contributed by atoms with Crippen LogP contribution < -0.4 is 10.2 Å². The zero-order valence-corrected chi connectivity index (χ0v) is 16.3. The third-order valence-electron chi connectivity index (χ3n) is 4.06. The van der Waals surface area contributed by atoms with Crippen LogP contribution in [0.5, 0.6) is 0 Å². The van der Waals surface area contributed by atoms with Crippen molar-refractivity contribution in [2.75, 3.05) is 24.3 Å². The van der Waals surface area contributed by atoms with E-state index in [1.165, 1.54) is 4.90 Å². The predicted molar refractivity (Wildman–Crippen MR) is 100 cm³/mol. The van der Waals surface area contributed by atoms with Crippen LogP contribution >= 0.6 is 0 Å². The van der Waals surface area contributed by atoms with Crippen LogP contribution in [0.25, 0.3) is 11.4 Å². The molecule has 0 fully saturated rings. The van der Waals surface area contributed by atoms with Crippen molar-refractivity contribution in [2.24, 2.45) is 5.92 Å². The monoisotopic (exact) mass is 407 g/mol. The highest BCUT2D eigenvalue weighted by atomic mass is 19.4. The van der Waals surface area contributed by atoms with Gasteiger partial charge in [0.05, 0.1) is 0 Å². The van der Waals surface area contributed by atoms with Gasteiger partial charge in [-0.15, -0.1) is 0 Å². The summed E-state index contributed by atoms with van der Waals surface area (Å²) < 4.78 is 45.1. The fourth-order valence-corrected chi connectivity index (χ4v) is 2.51. The molecule has 0 spiro atoms. The Morgan fingerprint density at radius 2 is 1.76 bits per heavy atom. The van der Waals surface area contributed by atoms with E-state index >= 15 is 0 Å². The summed E-state index contributed by atoms with van der Waals surface area (Å²) in [6.07, 6.45) is -1.40. The van der Waals surface area contributed by atoms with Crippen LogP contribution in [0, 0.1) is 5.92 Å². The molecule has 154 valence electrons. The van der Waals surface area contributed by atoms with Crippen molar-refractivity contribution in [3.05, 3.63) is 42.2 Å². The van der Waals surface area contributed by atoms with Gasteiger partial charge in [0.2, 0.25) is 17.7 Å². The SMILES string of the molecule is CC(C)C(Nc1nc(N(C)C)cc(C(F)(F)F)n1)c1nc(-c2ccncc2)no1. The Morgan fingerprint density at radius 1 is 1.07 bits per heavy atom. The number of hydrogen-bond acceptors (Lipinski definition) is 8. The maximum absolute atomic E-state index is 13.2. The number of halogens is 3. The summed E-state index contributed by atoms with van der Waals surface area (Å²) in [7, 11) is 3.20. The third kappa shape index (κ3) is 4.79. The topological polar surface area (TPSA) is 92.9 Å². The minimum absolute atomic E-state index is 0.0957. The number of alkyl halides is 3. The largest absolute Gasteiger partial charge is 0.433 e. The molecular weight excluding hydrogens is 387 g/mol. The number of hydrogen-bond donors (Lipinski definition) is 1. The highest BCUT2D eigenvalue weighted by Gasteiger charge is 2.34. The van der Waals surface area contributed by atoms with Gasteiger partial charge in [-0.05, 0) is 18.1 Å². The van der Waals surface area contributed by atoms with Crippen LogP contribution in [-0.2, 0) is 6.18 Å². The molecule has 0 amide bonds. The van der Waals surface area contributed by atoms with Gasteiger partial charge in [0.15, 0.2) is 5.69 Å². The smallest absolute Gasteiger partial charge is 0.363 e. The van der Waals surface area contributed by atoms with Gasteiger partial charge in [-0.3, -0.25) is 4.98 Å². The molecule has 1 unspecified atom stereocenters. The average molecular weight is 407 g/mol. The van der Waals surface area contributed by atoms with Crippen LogP contribution in [0.3, 0.4) is 0 Å². The Kier molecular flexibility index (Phi) is 5.66. The molecule has 3 heterocycles. The van der Waals surface area contributed by atoms with Crippen LogP contribution in [0.1, 0.15) is 31.5 Å². The lowest BCUT2D eigenvalue weighted by molar-refractivity contribution is -0.141. The predicted octanol–water partition coefficient (Wildman–Crippen LogP) is 3.82. The number of rotatable bonds is 6. The van der Waals surface area contributed by atoms with Crippen molar-refractivity contribution >= 4 is 11.8 Å². The fraction of sp³-hybridized carbons (Fsp3) is 0.389. The van der Waals surface area contributed by atoms with Crippen molar-refractivity contribution in [1.82, 2.24) is 25.1 Å². The summed E-state index contributed by atoms with van der Waals surface area (Å²) in [5.41, 5.74) is -0.327. The maximum atomic E-state index is 13.2. The lowest BCUT2D eigenvalue weighted by Gasteiger charge is -2.21. The molecule has 1 atom stereocenters. The fourth-order valence-electron chi connectivity index (χ4n) is 2.51. The molecule has 0 saturated carbocycles. The van der Waals surface area contributed by atoms with E-state index < -0.39 is 17.9 Å². The Morgan fingerprint density at radius 3 is 2.34 bits per heavy atom. The molecule has 0 saturated heterocycles. The molecule has 0 aliphatic carbocycles. The standard InChI is InChI=1S/C18H20F3N7O/c1-10(2)14(16-26-15(27-29-16)11-5-7-22-8-6-11)25-17-23-12(18(19,20)21)9-13(24-17)28(3)4/h5-10,14H,1-4H3,(H,23,24,25). The first-order valence-corrected chi connectivity index (χ1v) is 8.79. The summed E-state index contributed by atoms with van der Waals surface area (Å²) in [6.45, 7) is 3.74. The number of nitrogens with one attached hydrogen (secondary N) is 1. The number of aromatic nitrogens is 5. The van der Waals surface area contributed by atoms with Crippen molar-refractivity contribution in [2.45, 2.75) is 26.1 Å². The van der Waals surface area contributed by atoms with Crippen molar-refractivity contribution in [3.63, 3.8) is 0 Å². The molecule has 29 heavy (non-hydrogen) atoms. The first kappa shape index (κ1) is 20.5. The Bertz CT molecular complexity index is 958. The molecule has 0 bridgehead atoms. The summed E-state index contributed by atoms with van der Waals surface area (Å²) in [5, 5.41) is 6.86. The Labute approximate surface area is 165 Å². The lowest BCUT2D eigenvalue weighted by atomic mass is 10.0. The van der Waals surface area contributed by atoms with E-state index in [2.05, 4.69) is 30.4 Å². The molecule has 11 heteroatoms. The van der Waals surface area contributed by atoms with Gasteiger partial charge in [-0.2, -0.15) is 23.1 Å². The Balaban J connectivity index is 1.94. The van der Waals surface area contributed by atoms with E-state index in [0.717, 1.165) is 6.07 Å². The highest BCUT2D eigenvalue weighted by molar-refractivity contribution is 5.53. The Hall–Kier alpha value is -3.24. The van der Waals surface area contributed by atoms with Crippen LogP contribution in [-0.4, -0.2) is 39.2 Å². The number of anilines is 2. The molecule has 0 radical (unpaired) electrons. The van der Waals surface area contributed by atoms with Gasteiger partial charge in [0.25, 0.3) is 0 Å². The van der Waals surface area contributed by atoms with E-state index in [9.17, 15) is 13.2 Å². The molecule has 8 nitrogen and oxygen atoms in total. The van der Waals surface area contributed by atoms with E-state index in [1.54, 1.807) is 38.6 Å². The minimum atomic E-state index is -4.60. The number of nitrogens with zero attached hydrogens (tertiary/aromatic N) is 6. The third-order valence-corrected chi connectivity index (χ3v) is 4.06. The average Bonchev–Trinajstić information content (AvgIpc) is 3.15. The van der Waals surface area contributed by atoms with Crippen LogP contribution in [0.15, 0.2) is 35.1 Å². The molecule has 3 rings (SSSR count). The van der Waals surface area contributed by atoms with Crippen molar-refractivity contribution < 1.29 is 17.7 Å². The van der Waals surface area contributed by atoms with Gasteiger partial charge in [-0.25, -0.2) is 4.98 Å². The summed E-state index contributed by atoms with van der Waals surface area (Å²) in [4.78, 5) is 17.6. The molecule has 0 aliphatic rings. The molecular formula is C18H20F3N7O. The molecule has 0 aliphatic heterocycles. The van der Waals surface area contributed by atoms with Crippen LogP contribution in [0.4, 0.5) is 24.9 Å². The minimum Gasteiger partial charge on any atom is -0.363 e. The summed E-state index contributed by atoms with van der Waals surface area (Å²) >= 11 is 0. The van der Waals surface area contributed by atoms with Gasteiger partial charge in [-0.1, -0.05) is 19.0 Å². The van der Waals surface area contributed by atoms with Crippen LogP contribution in [0.2, 0.25) is 0 Å². The normalized spacial score (nSPS) is 12.8. The van der Waals surface area contributed by atoms with Gasteiger partial charge in [0.1, 0.15) is 11.9 Å². The van der Waals surface area contributed by atoms with Crippen molar-refractivity contribution in [3.8, 4) is 11.4 Å². The zero-order chi connectivity index (χ0) is 21.2. The maximum Gasteiger partial charge on any atom is 0.433 e.